The van der Waals surface area contributed by atoms with E-state index in [9.17, 15) is 4.79 Å². The molecule has 0 amide bonds. The van der Waals surface area contributed by atoms with Crippen LogP contribution in [-0.2, 0) is 14.3 Å². The van der Waals surface area contributed by atoms with E-state index in [2.05, 4.69) is 25.2 Å². The first-order valence-corrected chi connectivity index (χ1v) is 8.90. The molecule has 128 valence electrons. The Morgan fingerprint density at radius 1 is 1.12 bits per heavy atom. The number of carbonyl (C=O) groups excluding carboxylic acids is 1. The van der Waals surface area contributed by atoms with E-state index >= 15 is 0 Å². The maximum atomic E-state index is 13.2. The van der Waals surface area contributed by atoms with Crippen molar-refractivity contribution in [1.82, 2.24) is 0 Å². The lowest BCUT2D eigenvalue weighted by atomic mass is 9.55. The molecule has 1 aromatic carbocycles. The van der Waals surface area contributed by atoms with E-state index < -0.39 is 5.79 Å². The van der Waals surface area contributed by atoms with E-state index in [0.717, 1.165) is 30.6 Å². The molecule has 4 rings (SSSR count). The summed E-state index contributed by atoms with van der Waals surface area (Å²) in [5, 5.41) is 3.31. The molecular weight excluding hydrogens is 302 g/mol. The fourth-order valence-electron chi connectivity index (χ4n) is 4.76. The zero-order valence-corrected chi connectivity index (χ0v) is 14.4. The number of ketones is 1. The van der Waals surface area contributed by atoms with Crippen LogP contribution in [-0.4, -0.2) is 24.8 Å². The number of para-hydroxylation sites is 1. The Kier molecular flexibility index (Phi) is 3.77. The van der Waals surface area contributed by atoms with Gasteiger partial charge in [0.2, 0.25) is 0 Å². The van der Waals surface area contributed by atoms with Crippen LogP contribution in [0.1, 0.15) is 33.1 Å². The third kappa shape index (κ3) is 2.32. The highest BCUT2D eigenvalue weighted by Crippen LogP contribution is 2.55. The largest absolute Gasteiger partial charge is 0.353 e. The predicted octanol–water partition coefficient (Wildman–Crippen LogP) is 3.75. The second-order valence-electron chi connectivity index (χ2n) is 7.50. The lowest BCUT2D eigenvalue weighted by Crippen LogP contribution is -2.56. The second kappa shape index (κ2) is 5.71. The Morgan fingerprint density at radius 2 is 1.83 bits per heavy atom. The first kappa shape index (κ1) is 15.9. The minimum absolute atomic E-state index is 0.220. The number of anilines is 1. The minimum atomic E-state index is -0.470. The minimum Gasteiger partial charge on any atom is -0.353 e. The highest BCUT2D eigenvalue weighted by molar-refractivity contribution is 6.03. The van der Waals surface area contributed by atoms with Crippen LogP contribution in [0.5, 0.6) is 0 Å². The second-order valence-corrected chi connectivity index (χ2v) is 7.50. The van der Waals surface area contributed by atoms with E-state index in [0.29, 0.717) is 13.2 Å². The third-order valence-corrected chi connectivity index (χ3v) is 6.28. The van der Waals surface area contributed by atoms with Crippen LogP contribution in [0.15, 0.2) is 42.1 Å². The molecule has 0 radical (unpaired) electrons. The topological polar surface area (TPSA) is 47.6 Å². The summed E-state index contributed by atoms with van der Waals surface area (Å²) in [4.78, 5) is 13.2. The van der Waals surface area contributed by atoms with Crippen LogP contribution >= 0.6 is 0 Å². The molecule has 0 unspecified atom stereocenters. The van der Waals surface area contributed by atoms with Crippen LogP contribution in [0.3, 0.4) is 0 Å². The van der Waals surface area contributed by atoms with E-state index in [4.69, 9.17) is 9.47 Å². The monoisotopic (exact) mass is 327 g/mol. The molecule has 2 aliphatic carbocycles. The van der Waals surface area contributed by atoms with Crippen molar-refractivity contribution < 1.29 is 14.3 Å². The molecular formula is C20H25NO3. The van der Waals surface area contributed by atoms with Gasteiger partial charge in [-0.15, -0.1) is 0 Å². The third-order valence-electron chi connectivity index (χ3n) is 6.28. The molecule has 0 bridgehead atoms. The van der Waals surface area contributed by atoms with Gasteiger partial charge in [-0.3, -0.25) is 4.79 Å². The molecule has 4 nitrogen and oxygen atoms in total. The molecule has 1 saturated carbocycles. The number of hydrogen-bond acceptors (Lipinski definition) is 4. The van der Waals surface area contributed by atoms with Crippen molar-refractivity contribution in [3.8, 4) is 0 Å². The molecule has 0 aromatic heterocycles. The highest BCUT2D eigenvalue weighted by Gasteiger charge is 2.58. The number of rotatable bonds is 2. The summed E-state index contributed by atoms with van der Waals surface area (Å²) in [6.45, 7) is 5.64. The molecule has 4 heteroatoms. The molecule has 2 fully saturated rings. The molecule has 1 saturated heterocycles. The van der Waals surface area contributed by atoms with Crippen LogP contribution < -0.4 is 5.32 Å². The van der Waals surface area contributed by atoms with Gasteiger partial charge in [-0.2, -0.15) is 0 Å². The molecule has 3 aliphatic rings. The van der Waals surface area contributed by atoms with Gasteiger partial charge in [0.25, 0.3) is 0 Å². The van der Waals surface area contributed by atoms with Crippen LogP contribution in [0.25, 0.3) is 0 Å². The fraction of sp³-hybridized carbons (Fsp3) is 0.550. The number of benzene rings is 1. The summed E-state index contributed by atoms with van der Waals surface area (Å²) < 4.78 is 12.0. The molecule has 3 atom stereocenters. The Hall–Kier alpha value is -1.65. The van der Waals surface area contributed by atoms with E-state index in [1.165, 1.54) is 0 Å². The maximum absolute atomic E-state index is 13.2. The summed E-state index contributed by atoms with van der Waals surface area (Å²) in [6.07, 6.45) is 4.55. The number of allylic oxidation sites excluding steroid dienone is 2. The fourth-order valence-corrected chi connectivity index (χ4v) is 4.76. The molecule has 24 heavy (non-hydrogen) atoms. The van der Waals surface area contributed by atoms with Crippen molar-refractivity contribution >= 4 is 11.5 Å². The Bertz CT molecular complexity index is 663. The molecule has 1 heterocycles. The van der Waals surface area contributed by atoms with Gasteiger partial charge < -0.3 is 14.8 Å². The highest BCUT2D eigenvalue weighted by atomic mass is 16.7. The number of Topliss-reactive ketones (excluding diaryl/α,β-unsaturated/α-hetero) is 1. The Balaban J connectivity index is 1.60. The number of fused-ring (bicyclic) bond motifs is 1. The van der Waals surface area contributed by atoms with Gasteiger partial charge in [-0.25, -0.2) is 0 Å². The van der Waals surface area contributed by atoms with E-state index in [1.807, 2.05) is 30.3 Å². The molecule has 1 spiro atoms. The maximum Gasteiger partial charge on any atom is 0.184 e. The van der Waals surface area contributed by atoms with E-state index in [1.54, 1.807) is 0 Å². The molecule has 1 aromatic rings. The standard InChI is InChI=1S/C20H25NO3/c1-14-16-8-9-17(21-15-6-4-3-5-7-15)18(22)19(16,2)10-11-20(14)23-12-13-24-20/h3-7,9,14,16,21H,8,10-13H2,1-2H3/t14-,16-,19-/m0/s1. The smallest absolute Gasteiger partial charge is 0.184 e. The van der Waals surface area contributed by atoms with Gasteiger partial charge in [-0.05, 0) is 30.9 Å². The van der Waals surface area contributed by atoms with Crippen LogP contribution in [0, 0.1) is 17.3 Å². The van der Waals surface area contributed by atoms with Gasteiger partial charge >= 0.3 is 0 Å². The van der Waals surface area contributed by atoms with Crippen LogP contribution in [0.2, 0.25) is 0 Å². The zero-order chi connectivity index (χ0) is 16.8. The SMILES string of the molecule is C[C@H]1[C@@H]2CC=C(Nc3ccccc3)C(=O)[C@@]2(C)CCC12OCCO2. The Morgan fingerprint density at radius 3 is 2.54 bits per heavy atom. The number of hydrogen-bond donors (Lipinski definition) is 1. The first-order chi connectivity index (χ1) is 11.6. The average molecular weight is 327 g/mol. The Labute approximate surface area is 143 Å². The van der Waals surface area contributed by atoms with Crippen LogP contribution in [0.4, 0.5) is 5.69 Å². The van der Waals surface area contributed by atoms with Crippen molar-refractivity contribution in [3.63, 3.8) is 0 Å². The van der Waals surface area contributed by atoms with E-state index in [-0.39, 0.29) is 23.0 Å². The van der Waals surface area contributed by atoms with Gasteiger partial charge in [0.1, 0.15) is 0 Å². The lowest BCUT2D eigenvalue weighted by Gasteiger charge is -2.52. The first-order valence-electron chi connectivity index (χ1n) is 8.90. The van der Waals surface area contributed by atoms with Crippen molar-refractivity contribution in [2.24, 2.45) is 17.3 Å². The summed E-state index contributed by atoms with van der Waals surface area (Å²) in [7, 11) is 0. The van der Waals surface area contributed by atoms with Crippen molar-refractivity contribution in [2.45, 2.75) is 38.9 Å². The van der Waals surface area contributed by atoms with Crippen molar-refractivity contribution in [1.29, 1.82) is 0 Å². The van der Waals surface area contributed by atoms with Gasteiger partial charge in [-0.1, -0.05) is 38.1 Å². The lowest BCUT2D eigenvalue weighted by molar-refractivity contribution is -0.239. The summed E-state index contributed by atoms with van der Waals surface area (Å²) in [5.74, 6) is 0.237. The number of carbonyl (C=O) groups is 1. The molecule has 1 aliphatic heterocycles. The average Bonchev–Trinajstić information content (AvgIpc) is 3.07. The summed E-state index contributed by atoms with van der Waals surface area (Å²) in [6, 6.07) is 9.90. The molecule has 1 N–H and O–H groups in total. The number of ether oxygens (including phenoxy) is 2. The number of nitrogens with one attached hydrogen (secondary N) is 1. The van der Waals surface area contributed by atoms with Gasteiger partial charge in [0.05, 0.1) is 18.9 Å². The summed E-state index contributed by atoms with van der Waals surface area (Å²) >= 11 is 0. The van der Waals surface area contributed by atoms with Gasteiger partial charge in [0.15, 0.2) is 11.6 Å². The predicted molar refractivity (Wildman–Crippen MR) is 92.4 cm³/mol. The quantitative estimate of drug-likeness (QED) is 0.899. The van der Waals surface area contributed by atoms with Gasteiger partial charge in [0, 0.05) is 23.4 Å². The summed E-state index contributed by atoms with van der Waals surface area (Å²) in [5.41, 5.74) is 1.35. The zero-order valence-electron chi connectivity index (χ0n) is 14.4. The van der Waals surface area contributed by atoms with Crippen molar-refractivity contribution in [2.75, 3.05) is 18.5 Å². The van der Waals surface area contributed by atoms with Crippen molar-refractivity contribution in [3.05, 3.63) is 42.1 Å². The normalized spacial score (nSPS) is 34.8.